The van der Waals surface area contributed by atoms with Gasteiger partial charge in [0.2, 0.25) is 0 Å². The zero-order valence-corrected chi connectivity index (χ0v) is 12.8. The van der Waals surface area contributed by atoms with E-state index >= 15 is 0 Å². The van der Waals surface area contributed by atoms with Crippen LogP contribution in [0.15, 0.2) is 18.3 Å². The summed E-state index contributed by atoms with van der Waals surface area (Å²) in [4.78, 5) is 5.47. The molecule has 0 spiro atoms. The maximum absolute atomic E-state index is 12.6. The Morgan fingerprint density at radius 1 is 1.25 bits per heavy atom. The van der Waals surface area contributed by atoms with Crippen molar-refractivity contribution in [2.24, 2.45) is 0 Å². The molecule has 0 N–H and O–H groups in total. The molecule has 0 unspecified atom stereocenters. The maximum atomic E-state index is 12.6. The number of pyridine rings is 1. The Morgan fingerprint density at radius 3 is 2.88 bits per heavy atom. The summed E-state index contributed by atoms with van der Waals surface area (Å²) < 4.78 is 45.7. The molecular formula is C15H16F3N5O. The van der Waals surface area contributed by atoms with Gasteiger partial charge in [0.15, 0.2) is 0 Å². The number of aromatic nitrogens is 4. The average molecular weight is 339 g/mol. The molecule has 2 aliphatic heterocycles. The number of alkyl halides is 3. The molecule has 0 atom stereocenters. The number of ether oxygens (including phenoxy) is 1. The summed E-state index contributed by atoms with van der Waals surface area (Å²) in [5.41, 5.74) is -0.935. The summed E-state index contributed by atoms with van der Waals surface area (Å²) in [5, 5.41) is 8.37. The van der Waals surface area contributed by atoms with E-state index in [4.69, 9.17) is 4.74 Å². The summed E-state index contributed by atoms with van der Waals surface area (Å²) in [6.07, 6.45) is -1.38. The third-order valence-corrected chi connectivity index (χ3v) is 4.30. The van der Waals surface area contributed by atoms with Crippen molar-refractivity contribution in [1.29, 1.82) is 0 Å². The molecule has 128 valence electrons. The van der Waals surface area contributed by atoms with E-state index < -0.39 is 11.9 Å². The van der Waals surface area contributed by atoms with Crippen molar-refractivity contribution in [3.8, 4) is 5.75 Å². The van der Waals surface area contributed by atoms with Crippen LogP contribution in [0, 0.1) is 0 Å². The van der Waals surface area contributed by atoms with E-state index in [0.29, 0.717) is 19.6 Å². The average Bonchev–Trinajstić information content (AvgIpc) is 3.09. The minimum absolute atomic E-state index is 0.116. The standard InChI is InChI=1S/C15H16F3N5O/c16-15(17,18)12-6-10(3-4-19-12)24-11-7-22(8-11)9-14-21-20-13-2-1-5-23(13)14/h3-4,6,11H,1-2,5,7-9H2. The van der Waals surface area contributed by atoms with Crippen molar-refractivity contribution in [2.75, 3.05) is 13.1 Å². The molecule has 0 amide bonds. The van der Waals surface area contributed by atoms with E-state index in [0.717, 1.165) is 43.3 Å². The molecule has 24 heavy (non-hydrogen) atoms. The zero-order chi connectivity index (χ0) is 16.7. The number of rotatable bonds is 4. The topological polar surface area (TPSA) is 56.1 Å². The fourth-order valence-electron chi connectivity index (χ4n) is 3.09. The van der Waals surface area contributed by atoms with Gasteiger partial charge in [0, 0.05) is 38.3 Å². The highest BCUT2D eigenvalue weighted by Gasteiger charge is 2.34. The molecule has 0 saturated carbocycles. The van der Waals surface area contributed by atoms with E-state index in [1.165, 1.54) is 6.07 Å². The molecule has 0 bridgehead atoms. The Kier molecular flexibility index (Phi) is 3.67. The van der Waals surface area contributed by atoms with Crippen LogP contribution in [0.4, 0.5) is 13.2 Å². The normalized spacial score (nSPS) is 18.5. The zero-order valence-electron chi connectivity index (χ0n) is 12.8. The van der Waals surface area contributed by atoms with Crippen molar-refractivity contribution in [1.82, 2.24) is 24.6 Å². The lowest BCUT2D eigenvalue weighted by Gasteiger charge is -2.38. The Balaban J connectivity index is 1.32. The van der Waals surface area contributed by atoms with E-state index in [1.54, 1.807) is 0 Å². The predicted octanol–water partition coefficient (Wildman–Crippen LogP) is 1.90. The third-order valence-electron chi connectivity index (χ3n) is 4.30. The lowest BCUT2D eigenvalue weighted by atomic mass is 10.1. The lowest BCUT2D eigenvalue weighted by molar-refractivity contribution is -0.141. The fraction of sp³-hybridized carbons (Fsp3) is 0.533. The first-order valence-corrected chi connectivity index (χ1v) is 7.82. The van der Waals surface area contributed by atoms with Crippen molar-refractivity contribution < 1.29 is 17.9 Å². The molecule has 4 rings (SSSR count). The summed E-state index contributed by atoms with van der Waals surface area (Å²) in [5.74, 6) is 2.18. The van der Waals surface area contributed by atoms with Gasteiger partial charge >= 0.3 is 6.18 Å². The Morgan fingerprint density at radius 2 is 2.08 bits per heavy atom. The summed E-state index contributed by atoms with van der Waals surface area (Å²) in [7, 11) is 0. The van der Waals surface area contributed by atoms with Crippen molar-refractivity contribution in [3.63, 3.8) is 0 Å². The highest BCUT2D eigenvalue weighted by molar-refractivity contribution is 5.24. The van der Waals surface area contributed by atoms with Crippen LogP contribution in [0.25, 0.3) is 0 Å². The van der Waals surface area contributed by atoms with E-state index in [1.807, 2.05) is 0 Å². The molecule has 4 heterocycles. The van der Waals surface area contributed by atoms with Crippen molar-refractivity contribution >= 4 is 0 Å². The molecule has 0 aromatic carbocycles. The van der Waals surface area contributed by atoms with Crippen LogP contribution in [0.2, 0.25) is 0 Å². The third kappa shape index (κ3) is 2.95. The van der Waals surface area contributed by atoms with Gasteiger partial charge in [-0.3, -0.25) is 9.88 Å². The second-order valence-corrected chi connectivity index (χ2v) is 6.10. The van der Waals surface area contributed by atoms with Gasteiger partial charge in [-0.05, 0) is 12.5 Å². The Hall–Kier alpha value is -2.16. The predicted molar refractivity (Wildman–Crippen MR) is 77.3 cm³/mol. The minimum Gasteiger partial charge on any atom is -0.488 e. The van der Waals surface area contributed by atoms with Gasteiger partial charge in [-0.25, -0.2) is 0 Å². The van der Waals surface area contributed by atoms with Crippen LogP contribution in [-0.4, -0.2) is 43.8 Å². The molecule has 6 nitrogen and oxygen atoms in total. The quantitative estimate of drug-likeness (QED) is 0.852. The van der Waals surface area contributed by atoms with Gasteiger partial charge in [0.1, 0.15) is 29.2 Å². The largest absolute Gasteiger partial charge is 0.488 e. The molecule has 2 aromatic rings. The summed E-state index contributed by atoms with van der Waals surface area (Å²) in [6, 6.07) is 2.39. The second kappa shape index (κ2) is 5.73. The minimum atomic E-state index is -4.46. The van der Waals surface area contributed by atoms with Crippen LogP contribution in [-0.2, 0) is 25.7 Å². The monoisotopic (exact) mass is 339 g/mol. The molecular weight excluding hydrogens is 323 g/mol. The second-order valence-electron chi connectivity index (χ2n) is 6.10. The van der Waals surface area contributed by atoms with Crippen molar-refractivity contribution in [2.45, 2.75) is 38.2 Å². The van der Waals surface area contributed by atoms with E-state index in [2.05, 4.69) is 24.6 Å². The number of hydrogen-bond acceptors (Lipinski definition) is 5. The van der Waals surface area contributed by atoms with Gasteiger partial charge in [-0.15, -0.1) is 10.2 Å². The van der Waals surface area contributed by atoms with Gasteiger partial charge in [0.25, 0.3) is 0 Å². The van der Waals surface area contributed by atoms with Gasteiger partial charge < -0.3 is 9.30 Å². The molecule has 2 aromatic heterocycles. The highest BCUT2D eigenvalue weighted by Crippen LogP contribution is 2.30. The van der Waals surface area contributed by atoms with Crippen molar-refractivity contribution in [3.05, 3.63) is 35.7 Å². The first kappa shape index (κ1) is 15.4. The van der Waals surface area contributed by atoms with E-state index in [-0.39, 0.29) is 11.9 Å². The van der Waals surface area contributed by atoms with E-state index in [9.17, 15) is 13.2 Å². The van der Waals surface area contributed by atoms with Crippen LogP contribution < -0.4 is 4.74 Å². The van der Waals surface area contributed by atoms with Crippen LogP contribution in [0.5, 0.6) is 5.75 Å². The van der Waals surface area contributed by atoms with Crippen LogP contribution in [0.1, 0.15) is 23.8 Å². The van der Waals surface area contributed by atoms with Crippen LogP contribution >= 0.6 is 0 Å². The molecule has 2 aliphatic rings. The molecule has 0 aliphatic carbocycles. The number of likely N-dealkylation sites (tertiary alicyclic amines) is 1. The number of fused-ring (bicyclic) bond motifs is 1. The van der Waals surface area contributed by atoms with Crippen LogP contribution in [0.3, 0.4) is 0 Å². The fourth-order valence-corrected chi connectivity index (χ4v) is 3.09. The first-order chi connectivity index (χ1) is 11.5. The first-order valence-electron chi connectivity index (χ1n) is 7.82. The maximum Gasteiger partial charge on any atom is 0.433 e. The Bertz CT molecular complexity index is 739. The summed E-state index contributed by atoms with van der Waals surface area (Å²) in [6.45, 7) is 2.97. The van der Waals surface area contributed by atoms with Gasteiger partial charge in [-0.1, -0.05) is 0 Å². The number of halogens is 3. The molecule has 1 saturated heterocycles. The molecule has 9 heteroatoms. The SMILES string of the molecule is FC(F)(F)c1cc(OC2CN(Cc3nnc4n3CCC4)C2)ccn1. The van der Waals surface area contributed by atoms with Gasteiger partial charge in [0.05, 0.1) is 6.54 Å². The lowest BCUT2D eigenvalue weighted by Crippen LogP contribution is -2.53. The molecule has 0 radical (unpaired) electrons. The summed E-state index contributed by atoms with van der Waals surface area (Å²) >= 11 is 0. The molecule has 1 fully saturated rings. The highest BCUT2D eigenvalue weighted by atomic mass is 19.4. The number of nitrogens with zero attached hydrogens (tertiary/aromatic N) is 5. The number of aryl methyl sites for hydroxylation is 1. The number of hydrogen-bond donors (Lipinski definition) is 0. The smallest absolute Gasteiger partial charge is 0.433 e. The Labute approximate surface area is 136 Å². The van der Waals surface area contributed by atoms with Gasteiger partial charge in [-0.2, -0.15) is 13.2 Å².